The van der Waals surface area contributed by atoms with Crippen molar-refractivity contribution in [3.8, 4) is 5.75 Å². The molecule has 1 atom stereocenters. The third-order valence-electron chi connectivity index (χ3n) is 4.39. The molecule has 8 nitrogen and oxygen atoms in total. The summed E-state index contributed by atoms with van der Waals surface area (Å²) in [5, 5.41) is 5.54. The maximum Gasteiger partial charge on any atom is 0.307 e. The van der Waals surface area contributed by atoms with Crippen LogP contribution in [0.15, 0.2) is 36.9 Å². The Kier molecular flexibility index (Phi) is 9.17. The van der Waals surface area contributed by atoms with Crippen LogP contribution in [0.2, 0.25) is 0 Å². The highest BCUT2D eigenvalue weighted by Crippen LogP contribution is 2.18. The summed E-state index contributed by atoms with van der Waals surface area (Å²) < 4.78 is 10.6. The van der Waals surface area contributed by atoms with Crippen LogP contribution in [0.4, 0.5) is 5.69 Å². The van der Waals surface area contributed by atoms with E-state index in [1.54, 1.807) is 35.2 Å². The molecule has 29 heavy (non-hydrogen) atoms. The van der Waals surface area contributed by atoms with E-state index in [2.05, 4.69) is 17.2 Å². The number of amides is 2. The third kappa shape index (κ3) is 7.57. The number of nitrogens with zero attached hydrogens (tertiary/aromatic N) is 1. The number of piperazine rings is 1. The molecule has 8 heteroatoms. The van der Waals surface area contributed by atoms with Gasteiger partial charge in [0.25, 0.3) is 0 Å². The van der Waals surface area contributed by atoms with Gasteiger partial charge in [-0.2, -0.15) is 0 Å². The maximum atomic E-state index is 12.5. The molecule has 0 aliphatic carbocycles. The van der Waals surface area contributed by atoms with E-state index in [4.69, 9.17) is 9.47 Å². The summed E-state index contributed by atoms with van der Waals surface area (Å²) in [4.78, 5) is 38.5. The number of carbonyl (C=O) groups excluding carboxylic acids is 3. The number of nitrogens with one attached hydrogen (secondary N) is 2. The Morgan fingerprint density at radius 1 is 1.41 bits per heavy atom. The van der Waals surface area contributed by atoms with E-state index in [9.17, 15) is 14.4 Å². The molecule has 1 aliphatic heterocycles. The molecular formula is C21H29N3O5. The second kappa shape index (κ2) is 11.9. The Balaban J connectivity index is 1.93. The summed E-state index contributed by atoms with van der Waals surface area (Å²) in [6.07, 6.45) is 3.27. The number of ether oxygens (including phenoxy) is 2. The number of rotatable bonds is 11. The Bertz CT molecular complexity index is 722. The lowest BCUT2D eigenvalue weighted by Crippen LogP contribution is -2.57. The van der Waals surface area contributed by atoms with Gasteiger partial charge in [0.15, 0.2) is 0 Å². The highest BCUT2D eigenvalue weighted by molar-refractivity contribution is 5.93. The van der Waals surface area contributed by atoms with E-state index >= 15 is 0 Å². The van der Waals surface area contributed by atoms with Crippen LogP contribution in [0, 0.1) is 0 Å². The molecule has 1 unspecified atom stereocenters. The minimum atomic E-state index is -0.717. The number of unbranched alkanes of at least 4 members (excludes halogenated alkanes) is 1. The predicted octanol–water partition coefficient (Wildman–Crippen LogP) is 1.72. The van der Waals surface area contributed by atoms with Crippen LogP contribution in [-0.4, -0.2) is 61.6 Å². The smallest absolute Gasteiger partial charge is 0.307 e. The van der Waals surface area contributed by atoms with Gasteiger partial charge in [-0.1, -0.05) is 32.1 Å². The van der Waals surface area contributed by atoms with Crippen molar-refractivity contribution in [2.45, 2.75) is 32.2 Å². The molecule has 2 amide bonds. The van der Waals surface area contributed by atoms with E-state index in [-0.39, 0.29) is 24.8 Å². The largest absolute Gasteiger partial charge is 0.489 e. The molecule has 0 saturated carbocycles. The quantitative estimate of drug-likeness (QED) is 0.332. The summed E-state index contributed by atoms with van der Waals surface area (Å²) in [6.45, 7) is 7.22. The lowest BCUT2D eigenvalue weighted by molar-refractivity contribution is -0.149. The molecule has 0 spiro atoms. The van der Waals surface area contributed by atoms with Gasteiger partial charge < -0.3 is 20.1 Å². The van der Waals surface area contributed by atoms with Crippen LogP contribution in [-0.2, 0) is 19.1 Å². The molecule has 1 aromatic carbocycles. The van der Waals surface area contributed by atoms with Gasteiger partial charge >= 0.3 is 5.97 Å². The number of hydrogen-bond donors (Lipinski definition) is 2. The van der Waals surface area contributed by atoms with Gasteiger partial charge in [-0.05, 0) is 18.6 Å². The van der Waals surface area contributed by atoms with Crippen molar-refractivity contribution < 1.29 is 23.9 Å². The summed E-state index contributed by atoms with van der Waals surface area (Å²) in [7, 11) is 0. The first kappa shape index (κ1) is 22.4. The van der Waals surface area contributed by atoms with Crippen molar-refractivity contribution in [2.24, 2.45) is 0 Å². The molecular weight excluding hydrogens is 374 g/mol. The molecule has 0 radical (unpaired) electrons. The van der Waals surface area contributed by atoms with Crippen LogP contribution < -0.4 is 15.4 Å². The minimum absolute atomic E-state index is 0.00192. The van der Waals surface area contributed by atoms with Gasteiger partial charge in [0.2, 0.25) is 11.8 Å². The molecule has 0 bridgehead atoms. The molecule has 1 fully saturated rings. The first-order valence-corrected chi connectivity index (χ1v) is 9.84. The Hall–Kier alpha value is -2.87. The summed E-state index contributed by atoms with van der Waals surface area (Å²) in [5.41, 5.74) is 0.591. The molecule has 2 rings (SSSR count). The van der Waals surface area contributed by atoms with Gasteiger partial charge in [-0.3, -0.25) is 19.3 Å². The standard InChI is InChI=1S/C21H29N3O5/c1-3-5-12-29-20(26)14-18-21(27)22-9-10-24(18)15-19(25)23-16-7-6-8-17(13-16)28-11-4-2/h4,6-8,13,18H,2-3,5,9-12,14-15H2,1H3,(H,22,27)(H,23,25). The van der Waals surface area contributed by atoms with Crippen molar-refractivity contribution in [1.29, 1.82) is 0 Å². The average molecular weight is 403 g/mol. The van der Waals surface area contributed by atoms with Gasteiger partial charge in [-0.15, -0.1) is 0 Å². The molecule has 1 aromatic rings. The van der Waals surface area contributed by atoms with Gasteiger partial charge in [-0.25, -0.2) is 0 Å². The summed E-state index contributed by atoms with van der Waals surface area (Å²) in [5.74, 6) is -0.355. The summed E-state index contributed by atoms with van der Waals surface area (Å²) in [6, 6.07) is 6.31. The van der Waals surface area contributed by atoms with Gasteiger partial charge in [0.1, 0.15) is 18.4 Å². The minimum Gasteiger partial charge on any atom is -0.489 e. The fraction of sp³-hybridized carbons (Fsp3) is 0.476. The van der Waals surface area contributed by atoms with Crippen molar-refractivity contribution in [2.75, 3.05) is 38.2 Å². The van der Waals surface area contributed by atoms with Crippen molar-refractivity contribution in [1.82, 2.24) is 10.2 Å². The zero-order valence-electron chi connectivity index (χ0n) is 16.8. The number of hydrogen-bond acceptors (Lipinski definition) is 6. The lowest BCUT2D eigenvalue weighted by atomic mass is 10.1. The lowest BCUT2D eigenvalue weighted by Gasteiger charge is -2.33. The average Bonchev–Trinajstić information content (AvgIpc) is 2.69. The Morgan fingerprint density at radius 2 is 2.24 bits per heavy atom. The monoisotopic (exact) mass is 403 g/mol. The fourth-order valence-corrected chi connectivity index (χ4v) is 2.92. The number of anilines is 1. The molecule has 158 valence electrons. The zero-order valence-corrected chi connectivity index (χ0v) is 16.8. The van der Waals surface area contributed by atoms with E-state index < -0.39 is 12.0 Å². The van der Waals surface area contributed by atoms with Crippen LogP contribution >= 0.6 is 0 Å². The second-order valence-corrected chi connectivity index (χ2v) is 6.73. The molecule has 2 N–H and O–H groups in total. The fourth-order valence-electron chi connectivity index (χ4n) is 2.92. The maximum absolute atomic E-state index is 12.5. The van der Waals surface area contributed by atoms with E-state index in [1.165, 1.54) is 0 Å². The number of benzene rings is 1. The molecule has 1 aliphatic rings. The van der Waals surface area contributed by atoms with E-state index in [0.29, 0.717) is 37.7 Å². The second-order valence-electron chi connectivity index (χ2n) is 6.73. The molecule has 1 heterocycles. The Labute approximate surface area is 171 Å². The normalized spacial score (nSPS) is 16.6. The SMILES string of the molecule is C=CCOc1cccc(NC(=O)CN2CCNC(=O)C2CC(=O)OCCCC)c1. The Morgan fingerprint density at radius 3 is 3.00 bits per heavy atom. The van der Waals surface area contributed by atoms with Crippen LogP contribution in [0.3, 0.4) is 0 Å². The summed E-state index contributed by atoms with van der Waals surface area (Å²) >= 11 is 0. The third-order valence-corrected chi connectivity index (χ3v) is 4.39. The van der Waals surface area contributed by atoms with Crippen molar-refractivity contribution >= 4 is 23.5 Å². The zero-order chi connectivity index (χ0) is 21.1. The van der Waals surface area contributed by atoms with Crippen molar-refractivity contribution in [3.63, 3.8) is 0 Å². The van der Waals surface area contributed by atoms with Crippen molar-refractivity contribution in [3.05, 3.63) is 36.9 Å². The van der Waals surface area contributed by atoms with Crippen LogP contribution in [0.25, 0.3) is 0 Å². The number of esters is 1. The van der Waals surface area contributed by atoms with E-state index in [1.807, 2.05) is 6.92 Å². The van der Waals surface area contributed by atoms with Gasteiger partial charge in [0.05, 0.1) is 19.6 Å². The topological polar surface area (TPSA) is 97.0 Å². The predicted molar refractivity (Wildman–Crippen MR) is 110 cm³/mol. The van der Waals surface area contributed by atoms with Crippen LogP contribution in [0.1, 0.15) is 26.2 Å². The first-order chi connectivity index (χ1) is 14.0. The van der Waals surface area contributed by atoms with E-state index in [0.717, 1.165) is 12.8 Å². The van der Waals surface area contributed by atoms with Gasteiger partial charge in [0, 0.05) is 24.8 Å². The highest BCUT2D eigenvalue weighted by atomic mass is 16.5. The first-order valence-electron chi connectivity index (χ1n) is 9.84. The molecule has 0 aromatic heterocycles. The number of carbonyl (C=O) groups is 3. The van der Waals surface area contributed by atoms with Crippen LogP contribution in [0.5, 0.6) is 5.75 Å². The highest BCUT2D eigenvalue weighted by Gasteiger charge is 2.33. The molecule has 1 saturated heterocycles.